The molecule has 0 unspecified atom stereocenters. The Kier molecular flexibility index (Phi) is 5.85. The van der Waals surface area contributed by atoms with Gasteiger partial charge in [0.15, 0.2) is 0 Å². The van der Waals surface area contributed by atoms with Gasteiger partial charge in [0.25, 0.3) is 0 Å². The van der Waals surface area contributed by atoms with Crippen LogP contribution in [0, 0.1) is 5.92 Å². The van der Waals surface area contributed by atoms with Crippen molar-refractivity contribution in [3.8, 4) is 0 Å². The third-order valence-electron chi connectivity index (χ3n) is 5.24. The van der Waals surface area contributed by atoms with Gasteiger partial charge in [0, 0.05) is 23.2 Å². The van der Waals surface area contributed by atoms with E-state index in [1.807, 2.05) is 62.4 Å². The second-order valence-electron chi connectivity index (χ2n) is 7.47. The highest BCUT2D eigenvalue weighted by molar-refractivity contribution is 6.30. The average Bonchev–Trinajstić information content (AvgIpc) is 2.61. The maximum Gasteiger partial charge on any atom is 0.230 e. The van der Waals surface area contributed by atoms with Crippen LogP contribution in [0.15, 0.2) is 48.5 Å². The lowest BCUT2D eigenvalue weighted by molar-refractivity contribution is -0.130. The molecule has 0 aliphatic heterocycles. The summed E-state index contributed by atoms with van der Waals surface area (Å²) >= 11 is 5.98. The van der Waals surface area contributed by atoms with Crippen molar-refractivity contribution >= 4 is 29.1 Å². The number of benzene rings is 2. The number of anilines is 1. The number of carbonyl (C=O) groups excluding carboxylic acids is 2. The van der Waals surface area contributed by atoms with E-state index in [4.69, 9.17) is 11.6 Å². The molecule has 0 spiro atoms. The van der Waals surface area contributed by atoms with Gasteiger partial charge in [-0.15, -0.1) is 0 Å². The normalized spacial score (nSPS) is 15.1. The number of carbonyl (C=O) groups is 2. The minimum atomic E-state index is -0.435. The Morgan fingerprint density at radius 2 is 1.67 bits per heavy atom. The van der Waals surface area contributed by atoms with Gasteiger partial charge in [-0.2, -0.15) is 0 Å². The van der Waals surface area contributed by atoms with Crippen molar-refractivity contribution in [1.82, 2.24) is 5.32 Å². The molecular formula is C22H25ClN2O2. The van der Waals surface area contributed by atoms with Crippen LogP contribution in [0.25, 0.3) is 0 Å². The van der Waals surface area contributed by atoms with E-state index in [1.54, 1.807) is 0 Å². The standard InChI is InChI=1S/C22H25ClN2O2/c1-15(2)20(26)25-19-10-4-16(5-11-19)14-24-21(27)22(12-3-13-22)17-6-8-18(23)9-7-17/h4-11,15H,3,12-14H2,1-2H3,(H,24,27)(H,25,26). The van der Waals surface area contributed by atoms with E-state index >= 15 is 0 Å². The number of nitrogens with one attached hydrogen (secondary N) is 2. The van der Waals surface area contributed by atoms with Crippen LogP contribution in [0.1, 0.15) is 44.2 Å². The maximum absolute atomic E-state index is 12.9. The van der Waals surface area contributed by atoms with Gasteiger partial charge in [0.05, 0.1) is 5.41 Å². The first-order chi connectivity index (χ1) is 12.9. The Morgan fingerprint density at radius 3 is 2.19 bits per heavy atom. The molecule has 27 heavy (non-hydrogen) atoms. The molecule has 2 aromatic carbocycles. The second-order valence-corrected chi connectivity index (χ2v) is 7.90. The first-order valence-corrected chi connectivity index (χ1v) is 9.73. The van der Waals surface area contributed by atoms with Gasteiger partial charge < -0.3 is 10.6 Å². The summed E-state index contributed by atoms with van der Waals surface area (Å²) in [6.07, 6.45) is 2.78. The Bertz CT molecular complexity index is 809. The molecule has 1 aliphatic carbocycles. The Hall–Kier alpha value is -2.33. The van der Waals surface area contributed by atoms with Crippen LogP contribution in [-0.2, 0) is 21.5 Å². The van der Waals surface area contributed by atoms with E-state index in [2.05, 4.69) is 10.6 Å². The van der Waals surface area contributed by atoms with Gasteiger partial charge in [-0.05, 0) is 48.2 Å². The highest BCUT2D eigenvalue weighted by atomic mass is 35.5. The molecule has 142 valence electrons. The fourth-order valence-electron chi connectivity index (χ4n) is 3.29. The zero-order valence-electron chi connectivity index (χ0n) is 15.7. The van der Waals surface area contributed by atoms with E-state index in [-0.39, 0.29) is 17.7 Å². The van der Waals surface area contributed by atoms with E-state index in [0.29, 0.717) is 11.6 Å². The minimum absolute atomic E-state index is 0.00839. The molecule has 1 aliphatic rings. The van der Waals surface area contributed by atoms with Gasteiger partial charge in [-0.25, -0.2) is 0 Å². The Morgan fingerprint density at radius 1 is 1.04 bits per heavy atom. The monoisotopic (exact) mass is 384 g/mol. The average molecular weight is 385 g/mol. The van der Waals surface area contributed by atoms with Gasteiger partial charge in [0.1, 0.15) is 0 Å². The lowest BCUT2D eigenvalue weighted by atomic mass is 9.64. The predicted molar refractivity (Wildman–Crippen MR) is 109 cm³/mol. The first kappa shape index (κ1) is 19.4. The van der Waals surface area contributed by atoms with Crippen molar-refractivity contribution in [2.75, 3.05) is 5.32 Å². The van der Waals surface area contributed by atoms with Crippen molar-refractivity contribution in [3.63, 3.8) is 0 Å². The molecule has 0 bridgehead atoms. The highest BCUT2D eigenvalue weighted by Crippen LogP contribution is 2.44. The van der Waals surface area contributed by atoms with Crippen molar-refractivity contribution in [2.45, 2.75) is 45.1 Å². The van der Waals surface area contributed by atoms with Crippen LogP contribution in [0.4, 0.5) is 5.69 Å². The van der Waals surface area contributed by atoms with Crippen LogP contribution in [0.2, 0.25) is 5.02 Å². The second kappa shape index (κ2) is 8.13. The minimum Gasteiger partial charge on any atom is -0.351 e. The molecule has 4 nitrogen and oxygen atoms in total. The lowest BCUT2D eigenvalue weighted by Gasteiger charge is -2.40. The number of hydrogen-bond donors (Lipinski definition) is 2. The summed E-state index contributed by atoms with van der Waals surface area (Å²) in [5.41, 5.74) is 2.36. The molecule has 0 atom stereocenters. The van der Waals surface area contributed by atoms with Crippen LogP contribution < -0.4 is 10.6 Å². The molecule has 2 amide bonds. The largest absolute Gasteiger partial charge is 0.351 e. The summed E-state index contributed by atoms with van der Waals surface area (Å²) in [4.78, 5) is 24.6. The molecule has 1 fully saturated rings. The van der Waals surface area contributed by atoms with Crippen LogP contribution in [-0.4, -0.2) is 11.8 Å². The first-order valence-electron chi connectivity index (χ1n) is 9.35. The number of amides is 2. The van der Waals surface area contributed by atoms with Gasteiger partial charge in [-0.3, -0.25) is 9.59 Å². The van der Waals surface area contributed by atoms with Crippen molar-refractivity contribution in [2.24, 2.45) is 5.92 Å². The quantitative estimate of drug-likeness (QED) is 0.760. The number of rotatable bonds is 6. The van der Waals surface area contributed by atoms with Crippen LogP contribution >= 0.6 is 11.6 Å². The lowest BCUT2D eigenvalue weighted by Crippen LogP contribution is -2.48. The summed E-state index contributed by atoms with van der Waals surface area (Å²) in [6, 6.07) is 15.2. The molecule has 0 heterocycles. The smallest absolute Gasteiger partial charge is 0.230 e. The Balaban J connectivity index is 1.61. The molecule has 0 saturated heterocycles. The summed E-state index contributed by atoms with van der Waals surface area (Å²) in [5, 5.41) is 6.62. The third kappa shape index (κ3) is 4.33. The van der Waals surface area contributed by atoms with Crippen LogP contribution in [0.5, 0.6) is 0 Å². The van der Waals surface area contributed by atoms with Gasteiger partial charge in [-0.1, -0.05) is 56.1 Å². The molecular weight excluding hydrogens is 360 g/mol. The van der Waals surface area contributed by atoms with Gasteiger partial charge >= 0.3 is 0 Å². The summed E-state index contributed by atoms with van der Waals surface area (Å²) in [6.45, 7) is 4.18. The summed E-state index contributed by atoms with van der Waals surface area (Å²) in [7, 11) is 0. The van der Waals surface area contributed by atoms with Crippen LogP contribution in [0.3, 0.4) is 0 Å². The molecule has 0 radical (unpaired) electrons. The van der Waals surface area contributed by atoms with Crippen molar-refractivity contribution < 1.29 is 9.59 Å². The molecule has 0 aromatic heterocycles. The molecule has 2 N–H and O–H groups in total. The SMILES string of the molecule is CC(C)C(=O)Nc1ccc(CNC(=O)C2(c3ccc(Cl)cc3)CCC2)cc1. The highest BCUT2D eigenvalue weighted by Gasteiger charge is 2.45. The summed E-state index contributed by atoms with van der Waals surface area (Å²) in [5.74, 6) is -0.00491. The number of hydrogen-bond acceptors (Lipinski definition) is 2. The zero-order valence-corrected chi connectivity index (χ0v) is 16.5. The predicted octanol–water partition coefficient (Wildman–Crippen LogP) is 4.67. The van der Waals surface area contributed by atoms with E-state index in [1.165, 1.54) is 0 Å². The fourth-order valence-corrected chi connectivity index (χ4v) is 3.42. The molecule has 5 heteroatoms. The van der Waals surface area contributed by atoms with Crippen molar-refractivity contribution in [1.29, 1.82) is 0 Å². The van der Waals surface area contributed by atoms with E-state index in [0.717, 1.165) is 36.1 Å². The molecule has 2 aromatic rings. The van der Waals surface area contributed by atoms with Crippen molar-refractivity contribution in [3.05, 3.63) is 64.7 Å². The summed E-state index contributed by atoms with van der Waals surface area (Å²) < 4.78 is 0. The van der Waals surface area contributed by atoms with E-state index in [9.17, 15) is 9.59 Å². The zero-order chi connectivity index (χ0) is 19.4. The van der Waals surface area contributed by atoms with Gasteiger partial charge in [0.2, 0.25) is 11.8 Å². The fraction of sp³-hybridized carbons (Fsp3) is 0.364. The molecule has 1 saturated carbocycles. The van der Waals surface area contributed by atoms with E-state index < -0.39 is 5.41 Å². The maximum atomic E-state index is 12.9. The Labute approximate surface area is 165 Å². The third-order valence-corrected chi connectivity index (χ3v) is 5.49. The molecule has 3 rings (SSSR count). The number of halogens is 1. The topological polar surface area (TPSA) is 58.2 Å².